The molecular weight excluding hydrogens is 216 g/mol. The van der Waals surface area contributed by atoms with Crippen molar-refractivity contribution in [1.29, 1.82) is 0 Å². The molecule has 0 radical (unpaired) electrons. The molecule has 2 unspecified atom stereocenters. The van der Waals surface area contributed by atoms with Crippen LogP contribution in [0, 0.1) is 5.92 Å². The number of carbonyl (C=O) groups is 1. The van der Waals surface area contributed by atoms with Crippen LogP contribution in [0.25, 0.3) is 0 Å². The summed E-state index contributed by atoms with van der Waals surface area (Å²) in [5.41, 5.74) is 0. The first-order valence-corrected chi connectivity index (χ1v) is 6.77. The van der Waals surface area contributed by atoms with Crippen molar-refractivity contribution in [3.63, 3.8) is 0 Å². The van der Waals surface area contributed by atoms with Crippen LogP contribution >= 0.6 is 0 Å². The van der Waals surface area contributed by atoms with Gasteiger partial charge in [-0.3, -0.25) is 4.79 Å². The molecule has 1 heterocycles. The van der Waals surface area contributed by atoms with Crippen molar-refractivity contribution >= 4 is 5.97 Å². The summed E-state index contributed by atoms with van der Waals surface area (Å²) in [4.78, 5) is 14.1. The van der Waals surface area contributed by atoms with E-state index in [-0.39, 0.29) is 12.0 Å². The first-order valence-electron chi connectivity index (χ1n) is 6.77. The molecule has 0 bridgehead atoms. The number of esters is 1. The van der Waals surface area contributed by atoms with Gasteiger partial charge in [-0.2, -0.15) is 0 Å². The lowest BCUT2D eigenvalue weighted by molar-refractivity contribution is -0.145. The molecule has 0 saturated carbocycles. The number of nitrogens with zero attached hydrogens (tertiary/aromatic N) is 1. The predicted molar refractivity (Wildman–Crippen MR) is 68.9 cm³/mol. The lowest BCUT2D eigenvalue weighted by Gasteiger charge is -2.19. The number of ether oxygens (including phenoxy) is 1. The Bertz CT molecular complexity index is 233. The molecule has 4 nitrogen and oxygen atoms in total. The SMILES string of the molecule is CCOC(=O)C(CCN1CCC(CC)C1)NC. The molecule has 1 N–H and O–H groups in total. The van der Waals surface area contributed by atoms with Crippen LogP contribution in [0.5, 0.6) is 0 Å². The fourth-order valence-corrected chi connectivity index (χ4v) is 2.38. The predicted octanol–water partition coefficient (Wildman–Crippen LogP) is 1.26. The molecule has 1 rings (SSSR count). The molecule has 1 aliphatic rings. The average Bonchev–Trinajstić information content (AvgIpc) is 2.78. The second-order valence-corrected chi connectivity index (χ2v) is 4.75. The van der Waals surface area contributed by atoms with Crippen molar-refractivity contribution in [2.24, 2.45) is 5.92 Å². The van der Waals surface area contributed by atoms with Gasteiger partial charge >= 0.3 is 5.97 Å². The van der Waals surface area contributed by atoms with Crippen LogP contribution in [0.4, 0.5) is 0 Å². The summed E-state index contributed by atoms with van der Waals surface area (Å²) in [5.74, 6) is 0.729. The van der Waals surface area contributed by atoms with E-state index in [1.807, 2.05) is 14.0 Å². The maximum absolute atomic E-state index is 11.6. The molecule has 0 aromatic heterocycles. The Morgan fingerprint density at radius 2 is 2.29 bits per heavy atom. The molecular formula is C13H26N2O2. The molecule has 0 aromatic rings. The second kappa shape index (κ2) is 7.67. The Balaban J connectivity index is 2.26. The quantitative estimate of drug-likeness (QED) is 0.682. The van der Waals surface area contributed by atoms with Gasteiger partial charge in [-0.1, -0.05) is 13.3 Å². The zero-order valence-corrected chi connectivity index (χ0v) is 11.4. The van der Waals surface area contributed by atoms with Gasteiger partial charge in [0.2, 0.25) is 0 Å². The van der Waals surface area contributed by atoms with E-state index in [2.05, 4.69) is 17.1 Å². The number of hydrogen-bond donors (Lipinski definition) is 1. The standard InChI is InChI=1S/C13H26N2O2/c1-4-11-6-8-15(10-11)9-7-12(14-3)13(16)17-5-2/h11-12,14H,4-10H2,1-3H3. The normalized spacial score (nSPS) is 22.6. The lowest BCUT2D eigenvalue weighted by Crippen LogP contribution is -2.38. The summed E-state index contributed by atoms with van der Waals surface area (Å²) in [7, 11) is 1.82. The molecule has 0 aromatic carbocycles. The van der Waals surface area contributed by atoms with Crippen molar-refractivity contribution in [2.45, 2.75) is 39.2 Å². The number of carbonyl (C=O) groups excluding carboxylic acids is 1. The molecule has 2 atom stereocenters. The molecule has 0 aliphatic carbocycles. The number of likely N-dealkylation sites (tertiary alicyclic amines) is 1. The Labute approximate surface area is 105 Å². The van der Waals surface area contributed by atoms with Crippen LogP contribution in [0.15, 0.2) is 0 Å². The summed E-state index contributed by atoms with van der Waals surface area (Å²) in [6.45, 7) is 7.91. The second-order valence-electron chi connectivity index (χ2n) is 4.75. The van der Waals surface area contributed by atoms with E-state index in [1.54, 1.807) is 0 Å². The Morgan fingerprint density at radius 3 is 2.82 bits per heavy atom. The van der Waals surface area contributed by atoms with E-state index in [0.717, 1.165) is 18.9 Å². The van der Waals surface area contributed by atoms with E-state index in [4.69, 9.17) is 4.74 Å². The van der Waals surface area contributed by atoms with Gasteiger partial charge in [0.25, 0.3) is 0 Å². The van der Waals surface area contributed by atoms with Gasteiger partial charge in [-0.05, 0) is 39.3 Å². The molecule has 17 heavy (non-hydrogen) atoms. The van der Waals surface area contributed by atoms with Crippen molar-refractivity contribution in [1.82, 2.24) is 10.2 Å². The van der Waals surface area contributed by atoms with Crippen molar-refractivity contribution < 1.29 is 9.53 Å². The molecule has 0 amide bonds. The van der Waals surface area contributed by atoms with Gasteiger partial charge in [-0.15, -0.1) is 0 Å². The van der Waals surface area contributed by atoms with Crippen LogP contribution < -0.4 is 5.32 Å². The van der Waals surface area contributed by atoms with Gasteiger partial charge in [0.15, 0.2) is 0 Å². The van der Waals surface area contributed by atoms with Gasteiger partial charge in [-0.25, -0.2) is 0 Å². The van der Waals surface area contributed by atoms with E-state index in [0.29, 0.717) is 6.61 Å². The topological polar surface area (TPSA) is 41.6 Å². The maximum atomic E-state index is 11.6. The number of likely N-dealkylation sites (N-methyl/N-ethyl adjacent to an activating group) is 1. The highest BCUT2D eigenvalue weighted by atomic mass is 16.5. The molecule has 0 spiro atoms. The van der Waals surface area contributed by atoms with Crippen LogP contribution in [-0.4, -0.2) is 50.2 Å². The van der Waals surface area contributed by atoms with Crippen LogP contribution in [0.2, 0.25) is 0 Å². The van der Waals surface area contributed by atoms with E-state index >= 15 is 0 Å². The Hall–Kier alpha value is -0.610. The Morgan fingerprint density at radius 1 is 1.53 bits per heavy atom. The first-order chi connectivity index (χ1) is 8.21. The van der Waals surface area contributed by atoms with E-state index in [1.165, 1.54) is 25.9 Å². The first kappa shape index (κ1) is 14.5. The fourth-order valence-electron chi connectivity index (χ4n) is 2.38. The summed E-state index contributed by atoms with van der Waals surface area (Å²) in [5, 5.41) is 3.03. The summed E-state index contributed by atoms with van der Waals surface area (Å²) in [6, 6.07) is -0.157. The molecule has 100 valence electrons. The zero-order valence-electron chi connectivity index (χ0n) is 11.4. The van der Waals surface area contributed by atoms with E-state index < -0.39 is 0 Å². The average molecular weight is 242 g/mol. The largest absolute Gasteiger partial charge is 0.465 e. The monoisotopic (exact) mass is 242 g/mol. The molecule has 1 saturated heterocycles. The minimum atomic E-state index is -0.157. The maximum Gasteiger partial charge on any atom is 0.323 e. The van der Waals surface area contributed by atoms with Gasteiger partial charge < -0.3 is 15.0 Å². The third-order valence-electron chi connectivity index (χ3n) is 3.60. The van der Waals surface area contributed by atoms with Gasteiger partial charge in [0.05, 0.1) is 6.61 Å². The van der Waals surface area contributed by atoms with Crippen molar-refractivity contribution in [2.75, 3.05) is 33.3 Å². The van der Waals surface area contributed by atoms with Crippen LogP contribution in [-0.2, 0) is 9.53 Å². The minimum Gasteiger partial charge on any atom is -0.465 e. The van der Waals surface area contributed by atoms with Crippen molar-refractivity contribution in [3.05, 3.63) is 0 Å². The fraction of sp³-hybridized carbons (Fsp3) is 0.923. The lowest BCUT2D eigenvalue weighted by atomic mass is 10.1. The molecule has 4 heteroatoms. The highest BCUT2D eigenvalue weighted by molar-refractivity contribution is 5.75. The highest BCUT2D eigenvalue weighted by Gasteiger charge is 2.23. The Kier molecular flexibility index (Phi) is 6.52. The van der Waals surface area contributed by atoms with Gasteiger partial charge in [0.1, 0.15) is 6.04 Å². The molecule has 1 aliphatic heterocycles. The smallest absolute Gasteiger partial charge is 0.323 e. The third-order valence-corrected chi connectivity index (χ3v) is 3.60. The number of rotatable bonds is 7. The third kappa shape index (κ3) is 4.64. The van der Waals surface area contributed by atoms with Gasteiger partial charge in [0, 0.05) is 13.1 Å². The number of hydrogen-bond acceptors (Lipinski definition) is 4. The summed E-state index contributed by atoms with van der Waals surface area (Å²) in [6.07, 6.45) is 3.41. The van der Waals surface area contributed by atoms with Crippen LogP contribution in [0.3, 0.4) is 0 Å². The van der Waals surface area contributed by atoms with E-state index in [9.17, 15) is 4.79 Å². The minimum absolute atomic E-state index is 0.124. The zero-order chi connectivity index (χ0) is 12.7. The number of nitrogens with one attached hydrogen (secondary N) is 1. The highest BCUT2D eigenvalue weighted by Crippen LogP contribution is 2.19. The van der Waals surface area contributed by atoms with Crippen LogP contribution in [0.1, 0.15) is 33.1 Å². The summed E-state index contributed by atoms with van der Waals surface area (Å²) < 4.78 is 5.03. The van der Waals surface area contributed by atoms with Crippen molar-refractivity contribution in [3.8, 4) is 0 Å². The molecule has 1 fully saturated rings. The summed E-state index contributed by atoms with van der Waals surface area (Å²) >= 11 is 0.